The van der Waals surface area contributed by atoms with E-state index < -0.39 is 0 Å². The second-order valence-electron chi connectivity index (χ2n) is 3.60. The predicted molar refractivity (Wildman–Crippen MR) is 60.7 cm³/mol. The van der Waals surface area contributed by atoms with Crippen LogP contribution in [0.5, 0.6) is 0 Å². The zero-order chi connectivity index (χ0) is 11.4. The minimum Gasteiger partial charge on any atom is -0.241 e. The van der Waals surface area contributed by atoms with Crippen LogP contribution in [-0.4, -0.2) is 9.97 Å². The Morgan fingerprint density at radius 3 is 2.56 bits per heavy atom. The lowest BCUT2D eigenvalue weighted by molar-refractivity contribution is 0.942. The van der Waals surface area contributed by atoms with Gasteiger partial charge in [-0.3, -0.25) is 0 Å². The Morgan fingerprint density at radius 1 is 1.19 bits per heavy atom. The number of aromatic nitrogens is 2. The lowest BCUT2D eigenvalue weighted by atomic mass is 10.1. The van der Waals surface area contributed by atoms with Crippen molar-refractivity contribution in [1.82, 2.24) is 9.97 Å². The second-order valence-corrected chi connectivity index (χ2v) is 3.60. The van der Waals surface area contributed by atoms with Gasteiger partial charge in [-0.15, -0.1) is 0 Å². The maximum Gasteiger partial charge on any atom is 0.132 e. The monoisotopic (exact) mass is 209 g/mol. The Morgan fingerprint density at radius 2 is 1.94 bits per heavy atom. The Hall–Kier alpha value is -2.21. The fourth-order valence-electron chi connectivity index (χ4n) is 1.47. The van der Waals surface area contributed by atoms with Gasteiger partial charge >= 0.3 is 0 Å². The SMILES string of the molecule is Cc1ccnc(Cc2ccc(C#N)cc2)n1. The van der Waals surface area contributed by atoms with Crippen molar-refractivity contribution in [1.29, 1.82) is 5.26 Å². The van der Waals surface area contributed by atoms with Crippen LogP contribution in [0, 0.1) is 18.3 Å². The summed E-state index contributed by atoms with van der Waals surface area (Å²) in [5, 5.41) is 8.68. The topological polar surface area (TPSA) is 49.6 Å². The van der Waals surface area contributed by atoms with Gasteiger partial charge in [-0.1, -0.05) is 12.1 Å². The third-order valence-electron chi connectivity index (χ3n) is 2.29. The fraction of sp³-hybridized carbons (Fsp3) is 0.154. The third-order valence-corrected chi connectivity index (χ3v) is 2.29. The molecule has 0 saturated carbocycles. The maximum absolute atomic E-state index is 8.68. The van der Waals surface area contributed by atoms with E-state index in [1.807, 2.05) is 37.3 Å². The van der Waals surface area contributed by atoms with Crippen LogP contribution in [0.15, 0.2) is 36.5 Å². The fourth-order valence-corrected chi connectivity index (χ4v) is 1.47. The molecule has 0 bridgehead atoms. The molecule has 0 aliphatic carbocycles. The molecule has 0 atom stereocenters. The highest BCUT2D eigenvalue weighted by molar-refractivity contribution is 5.32. The van der Waals surface area contributed by atoms with Crippen LogP contribution >= 0.6 is 0 Å². The first-order chi connectivity index (χ1) is 7.78. The van der Waals surface area contributed by atoms with E-state index in [9.17, 15) is 0 Å². The van der Waals surface area contributed by atoms with Gasteiger partial charge < -0.3 is 0 Å². The summed E-state index contributed by atoms with van der Waals surface area (Å²) in [5.74, 6) is 0.810. The van der Waals surface area contributed by atoms with Gasteiger partial charge in [0.2, 0.25) is 0 Å². The molecule has 0 unspecified atom stereocenters. The van der Waals surface area contributed by atoms with Crippen LogP contribution in [0.25, 0.3) is 0 Å². The lowest BCUT2D eigenvalue weighted by Crippen LogP contribution is -1.97. The molecule has 0 spiro atoms. The highest BCUT2D eigenvalue weighted by atomic mass is 14.9. The highest BCUT2D eigenvalue weighted by Gasteiger charge is 1.99. The summed E-state index contributed by atoms with van der Waals surface area (Å²) in [7, 11) is 0. The molecule has 3 heteroatoms. The molecule has 0 amide bonds. The van der Waals surface area contributed by atoms with Crippen molar-refractivity contribution in [2.45, 2.75) is 13.3 Å². The molecule has 1 heterocycles. The van der Waals surface area contributed by atoms with Gasteiger partial charge in [-0.05, 0) is 30.7 Å². The molecule has 2 aromatic rings. The van der Waals surface area contributed by atoms with Gasteiger partial charge in [0.05, 0.1) is 11.6 Å². The standard InChI is InChI=1S/C13H11N3/c1-10-6-7-15-13(16-10)8-11-2-4-12(9-14)5-3-11/h2-7H,8H2,1H3. The molecular weight excluding hydrogens is 198 g/mol. The average molecular weight is 209 g/mol. The highest BCUT2D eigenvalue weighted by Crippen LogP contribution is 2.07. The van der Waals surface area contributed by atoms with Gasteiger partial charge in [0.15, 0.2) is 0 Å². The molecule has 0 aliphatic heterocycles. The van der Waals surface area contributed by atoms with Gasteiger partial charge in [-0.2, -0.15) is 5.26 Å². The Balaban J connectivity index is 2.18. The quantitative estimate of drug-likeness (QED) is 0.762. The van der Waals surface area contributed by atoms with Gasteiger partial charge in [0.1, 0.15) is 5.82 Å². The zero-order valence-corrected chi connectivity index (χ0v) is 9.01. The molecular formula is C13H11N3. The molecule has 0 fully saturated rings. The number of rotatable bonds is 2. The number of aryl methyl sites for hydroxylation is 1. The van der Waals surface area contributed by atoms with Crippen molar-refractivity contribution >= 4 is 0 Å². The summed E-state index contributed by atoms with van der Waals surface area (Å²) in [6.07, 6.45) is 2.47. The van der Waals surface area contributed by atoms with E-state index in [-0.39, 0.29) is 0 Å². The Kier molecular flexibility index (Phi) is 2.93. The first-order valence-electron chi connectivity index (χ1n) is 5.05. The van der Waals surface area contributed by atoms with Crippen molar-refractivity contribution in [3.05, 3.63) is 59.2 Å². The average Bonchev–Trinajstić information content (AvgIpc) is 2.30. The minimum absolute atomic E-state index is 0.675. The van der Waals surface area contributed by atoms with E-state index in [1.165, 1.54) is 0 Å². The van der Waals surface area contributed by atoms with E-state index in [0.717, 1.165) is 17.1 Å². The third kappa shape index (κ3) is 2.43. The smallest absolute Gasteiger partial charge is 0.132 e. The molecule has 16 heavy (non-hydrogen) atoms. The first kappa shape index (κ1) is 10.3. The minimum atomic E-state index is 0.675. The number of hydrogen-bond donors (Lipinski definition) is 0. The molecule has 0 aliphatic rings. The van der Waals surface area contributed by atoms with Crippen molar-refractivity contribution in [3.8, 4) is 6.07 Å². The van der Waals surface area contributed by atoms with E-state index in [2.05, 4.69) is 16.0 Å². The number of nitrogens with zero attached hydrogens (tertiary/aromatic N) is 3. The molecule has 0 N–H and O–H groups in total. The van der Waals surface area contributed by atoms with Gasteiger partial charge in [0, 0.05) is 18.3 Å². The molecule has 1 aromatic carbocycles. The lowest BCUT2D eigenvalue weighted by Gasteiger charge is -2.01. The summed E-state index contributed by atoms with van der Waals surface area (Å²) in [6, 6.07) is 11.5. The molecule has 0 radical (unpaired) electrons. The predicted octanol–water partition coefficient (Wildman–Crippen LogP) is 2.25. The number of hydrogen-bond acceptors (Lipinski definition) is 3. The molecule has 1 aromatic heterocycles. The maximum atomic E-state index is 8.68. The van der Waals surface area contributed by atoms with Crippen LogP contribution in [0.3, 0.4) is 0 Å². The van der Waals surface area contributed by atoms with Crippen molar-refractivity contribution in [2.24, 2.45) is 0 Å². The zero-order valence-electron chi connectivity index (χ0n) is 9.01. The van der Waals surface area contributed by atoms with Crippen molar-refractivity contribution < 1.29 is 0 Å². The molecule has 78 valence electrons. The van der Waals surface area contributed by atoms with Crippen LogP contribution in [-0.2, 0) is 6.42 Å². The molecule has 3 nitrogen and oxygen atoms in total. The van der Waals surface area contributed by atoms with Crippen LogP contribution in [0.1, 0.15) is 22.6 Å². The molecule has 0 saturated heterocycles. The summed E-state index contributed by atoms with van der Waals surface area (Å²) in [4.78, 5) is 8.54. The van der Waals surface area contributed by atoms with E-state index in [4.69, 9.17) is 5.26 Å². The number of nitriles is 1. The Bertz CT molecular complexity index is 524. The van der Waals surface area contributed by atoms with Crippen LogP contribution in [0.4, 0.5) is 0 Å². The van der Waals surface area contributed by atoms with Gasteiger partial charge in [0.25, 0.3) is 0 Å². The van der Waals surface area contributed by atoms with Gasteiger partial charge in [-0.25, -0.2) is 9.97 Å². The number of benzene rings is 1. The molecule has 2 rings (SSSR count). The summed E-state index contributed by atoms with van der Waals surface area (Å²) < 4.78 is 0. The van der Waals surface area contributed by atoms with E-state index >= 15 is 0 Å². The van der Waals surface area contributed by atoms with E-state index in [1.54, 1.807) is 6.20 Å². The summed E-state index contributed by atoms with van der Waals surface area (Å²) in [5.41, 5.74) is 2.76. The first-order valence-corrected chi connectivity index (χ1v) is 5.05. The summed E-state index contributed by atoms with van der Waals surface area (Å²) in [6.45, 7) is 1.95. The van der Waals surface area contributed by atoms with Crippen LogP contribution in [0.2, 0.25) is 0 Å². The summed E-state index contributed by atoms with van der Waals surface area (Å²) >= 11 is 0. The van der Waals surface area contributed by atoms with E-state index in [0.29, 0.717) is 12.0 Å². The van der Waals surface area contributed by atoms with Crippen molar-refractivity contribution in [2.75, 3.05) is 0 Å². The van der Waals surface area contributed by atoms with Crippen LogP contribution < -0.4 is 0 Å². The van der Waals surface area contributed by atoms with Crippen molar-refractivity contribution in [3.63, 3.8) is 0 Å². The second kappa shape index (κ2) is 4.54. The normalized spacial score (nSPS) is 9.75. The Labute approximate surface area is 94.4 Å². The largest absolute Gasteiger partial charge is 0.241 e.